The summed E-state index contributed by atoms with van der Waals surface area (Å²) in [6, 6.07) is 6.90. The van der Waals surface area contributed by atoms with Crippen LogP contribution in [0.15, 0.2) is 30.5 Å². The summed E-state index contributed by atoms with van der Waals surface area (Å²) < 4.78 is 8.30. The molecular formula is C16H20N2O3. The highest BCUT2D eigenvalue weighted by molar-refractivity contribution is 5.82. The van der Waals surface area contributed by atoms with E-state index in [1.165, 1.54) is 0 Å². The Morgan fingerprint density at radius 2 is 2.05 bits per heavy atom. The maximum Gasteiger partial charge on any atom is 0.270 e. The number of hydrogen-bond donors (Lipinski definition) is 0. The van der Waals surface area contributed by atoms with Crippen LogP contribution in [0.1, 0.15) is 33.4 Å². The van der Waals surface area contributed by atoms with Crippen LogP contribution in [-0.2, 0) is 4.74 Å². The van der Waals surface area contributed by atoms with Gasteiger partial charge in [-0.2, -0.15) is 0 Å². The van der Waals surface area contributed by atoms with Crippen LogP contribution in [0.3, 0.4) is 0 Å². The maximum absolute atomic E-state index is 10.9. The smallest absolute Gasteiger partial charge is 0.270 e. The third-order valence-electron chi connectivity index (χ3n) is 4.77. The van der Waals surface area contributed by atoms with Crippen molar-refractivity contribution in [2.45, 2.75) is 39.5 Å². The average molecular weight is 288 g/mol. The largest absolute Gasteiger partial charge is 0.354 e. The summed E-state index contributed by atoms with van der Waals surface area (Å²) in [6.07, 6.45) is 3.26. The van der Waals surface area contributed by atoms with Crippen LogP contribution in [-0.4, -0.2) is 15.6 Å². The molecule has 5 heteroatoms. The summed E-state index contributed by atoms with van der Waals surface area (Å²) in [5, 5.41) is 11.7. The summed E-state index contributed by atoms with van der Waals surface area (Å²) in [5.74, 6) is 0.927. The molecule has 0 saturated carbocycles. The quantitative estimate of drug-likeness (QED) is 0.630. The Morgan fingerprint density at radius 1 is 1.29 bits per heavy atom. The van der Waals surface area contributed by atoms with Crippen LogP contribution in [0.25, 0.3) is 10.9 Å². The molecule has 3 rings (SSSR count). The van der Waals surface area contributed by atoms with E-state index >= 15 is 0 Å². The third kappa shape index (κ3) is 2.21. The zero-order valence-corrected chi connectivity index (χ0v) is 12.5. The molecule has 112 valence electrons. The number of hydrogen-bond acceptors (Lipinski definition) is 3. The fourth-order valence-electron chi connectivity index (χ4n) is 3.30. The molecule has 1 fully saturated rings. The summed E-state index contributed by atoms with van der Waals surface area (Å²) >= 11 is 0. The number of non-ortho nitro benzene ring substituents is 1. The van der Waals surface area contributed by atoms with Crippen molar-refractivity contribution in [2.75, 3.05) is 0 Å². The van der Waals surface area contributed by atoms with E-state index in [1.807, 2.05) is 18.3 Å². The normalized spacial score (nSPS) is 29.1. The highest BCUT2D eigenvalue weighted by Crippen LogP contribution is 2.41. The molecule has 0 N–H and O–H groups in total. The van der Waals surface area contributed by atoms with E-state index in [1.54, 1.807) is 12.1 Å². The Balaban J connectivity index is 2.00. The maximum atomic E-state index is 10.9. The highest BCUT2D eigenvalue weighted by Gasteiger charge is 2.39. The summed E-state index contributed by atoms with van der Waals surface area (Å²) in [5.41, 5.74) is 1.11. The van der Waals surface area contributed by atoms with Crippen LogP contribution < -0.4 is 0 Å². The van der Waals surface area contributed by atoms with Crippen molar-refractivity contribution in [3.05, 3.63) is 40.6 Å². The number of rotatable bonds is 3. The van der Waals surface area contributed by atoms with Gasteiger partial charge in [0.2, 0.25) is 0 Å². The van der Waals surface area contributed by atoms with E-state index in [0.29, 0.717) is 11.8 Å². The average Bonchev–Trinajstić information content (AvgIpc) is 3.01. The highest BCUT2D eigenvalue weighted by atomic mass is 16.6. The molecule has 0 bridgehead atoms. The molecule has 5 nitrogen and oxygen atoms in total. The van der Waals surface area contributed by atoms with E-state index in [0.717, 1.165) is 17.3 Å². The van der Waals surface area contributed by atoms with Gasteiger partial charge in [0.05, 0.1) is 16.5 Å². The van der Waals surface area contributed by atoms with Crippen molar-refractivity contribution >= 4 is 16.6 Å². The Bertz CT molecular complexity index is 679. The van der Waals surface area contributed by atoms with Crippen molar-refractivity contribution in [1.82, 2.24) is 4.57 Å². The van der Waals surface area contributed by atoms with Gasteiger partial charge >= 0.3 is 0 Å². The minimum Gasteiger partial charge on any atom is -0.354 e. The number of fused-ring (bicyclic) bond motifs is 1. The zero-order chi connectivity index (χ0) is 15.1. The molecule has 2 heterocycles. The Labute approximate surface area is 123 Å². The predicted molar refractivity (Wildman–Crippen MR) is 81.1 cm³/mol. The molecular weight excluding hydrogens is 268 g/mol. The molecule has 1 aliphatic heterocycles. The number of nitro benzene ring substituents is 1. The standard InChI is InChI=1S/C16H20N2O3/c1-4-15-10(2)11(3)16(21-15)17-8-7-12-9-13(18(19)20)5-6-14(12)17/h5-11,15-16H,4H2,1-3H3/t10?,11-,15+,16?/m0/s1. The number of nitro groups is 1. The molecule has 2 unspecified atom stereocenters. The van der Waals surface area contributed by atoms with Gasteiger partial charge in [0.1, 0.15) is 6.23 Å². The molecule has 4 atom stereocenters. The fraction of sp³-hybridized carbons (Fsp3) is 0.500. The lowest BCUT2D eigenvalue weighted by atomic mass is 9.91. The lowest BCUT2D eigenvalue weighted by Crippen LogP contribution is -2.15. The topological polar surface area (TPSA) is 57.3 Å². The minimum absolute atomic E-state index is 0.00362. The molecule has 1 aromatic carbocycles. The second-order valence-corrected chi connectivity index (χ2v) is 5.91. The van der Waals surface area contributed by atoms with Crippen LogP contribution in [0, 0.1) is 22.0 Å². The molecule has 0 aliphatic carbocycles. The number of nitrogens with zero attached hydrogens (tertiary/aromatic N) is 2. The van der Waals surface area contributed by atoms with Gasteiger partial charge in [-0.25, -0.2) is 0 Å². The number of ether oxygens (including phenoxy) is 1. The second kappa shape index (κ2) is 5.15. The minimum atomic E-state index is -0.360. The van der Waals surface area contributed by atoms with Gasteiger partial charge < -0.3 is 9.30 Å². The van der Waals surface area contributed by atoms with E-state index in [2.05, 4.69) is 25.3 Å². The Morgan fingerprint density at radius 3 is 2.67 bits per heavy atom. The SMILES string of the molecule is CC[C@H]1OC(n2ccc3cc([N+](=O)[O-])ccc32)[C@@H](C)C1C. The first-order valence-corrected chi connectivity index (χ1v) is 7.43. The third-order valence-corrected chi connectivity index (χ3v) is 4.77. The van der Waals surface area contributed by atoms with Crippen LogP contribution >= 0.6 is 0 Å². The van der Waals surface area contributed by atoms with Gasteiger partial charge in [0.25, 0.3) is 5.69 Å². The Kier molecular flexibility index (Phi) is 3.45. The van der Waals surface area contributed by atoms with Gasteiger partial charge in [-0.1, -0.05) is 20.8 Å². The van der Waals surface area contributed by atoms with Crippen LogP contribution in [0.2, 0.25) is 0 Å². The second-order valence-electron chi connectivity index (χ2n) is 5.91. The number of benzene rings is 1. The molecule has 0 amide bonds. The molecule has 1 aliphatic rings. The predicted octanol–water partition coefficient (Wildman–Crippen LogP) is 4.13. The van der Waals surface area contributed by atoms with E-state index in [-0.39, 0.29) is 22.9 Å². The molecule has 0 spiro atoms. The summed E-state index contributed by atoms with van der Waals surface area (Å²) in [6.45, 7) is 6.59. The first-order valence-electron chi connectivity index (χ1n) is 7.43. The first-order chi connectivity index (χ1) is 10.0. The van der Waals surface area contributed by atoms with Crippen molar-refractivity contribution in [3.8, 4) is 0 Å². The van der Waals surface area contributed by atoms with E-state index in [4.69, 9.17) is 4.74 Å². The molecule has 21 heavy (non-hydrogen) atoms. The molecule has 0 radical (unpaired) electrons. The lowest BCUT2D eigenvalue weighted by molar-refractivity contribution is -0.384. The number of aromatic nitrogens is 1. The van der Waals surface area contributed by atoms with Crippen molar-refractivity contribution in [1.29, 1.82) is 0 Å². The van der Waals surface area contributed by atoms with Gasteiger partial charge in [0, 0.05) is 29.6 Å². The van der Waals surface area contributed by atoms with Gasteiger partial charge in [-0.05, 0) is 24.5 Å². The monoisotopic (exact) mass is 288 g/mol. The summed E-state index contributed by atoms with van der Waals surface area (Å²) in [4.78, 5) is 10.5. The van der Waals surface area contributed by atoms with Crippen molar-refractivity contribution < 1.29 is 9.66 Å². The molecule has 1 aromatic heterocycles. The van der Waals surface area contributed by atoms with Crippen molar-refractivity contribution in [2.24, 2.45) is 11.8 Å². The first kappa shape index (κ1) is 14.1. The molecule has 2 aromatic rings. The van der Waals surface area contributed by atoms with Crippen molar-refractivity contribution in [3.63, 3.8) is 0 Å². The zero-order valence-electron chi connectivity index (χ0n) is 12.5. The van der Waals surface area contributed by atoms with Gasteiger partial charge in [0.15, 0.2) is 0 Å². The molecule has 1 saturated heterocycles. The lowest BCUT2D eigenvalue weighted by Gasteiger charge is -2.19. The van der Waals surface area contributed by atoms with E-state index < -0.39 is 0 Å². The van der Waals surface area contributed by atoms with Crippen LogP contribution in [0.4, 0.5) is 5.69 Å². The Hall–Kier alpha value is -1.88. The van der Waals surface area contributed by atoms with Crippen LogP contribution in [0.5, 0.6) is 0 Å². The van der Waals surface area contributed by atoms with E-state index in [9.17, 15) is 10.1 Å². The fourth-order valence-corrected chi connectivity index (χ4v) is 3.30. The van der Waals surface area contributed by atoms with Gasteiger partial charge in [-0.3, -0.25) is 10.1 Å². The van der Waals surface area contributed by atoms with Gasteiger partial charge in [-0.15, -0.1) is 0 Å². The summed E-state index contributed by atoms with van der Waals surface area (Å²) in [7, 11) is 0.